The van der Waals surface area contributed by atoms with Crippen LogP contribution in [0.3, 0.4) is 0 Å². The normalized spacial score (nSPS) is 16.6. The van der Waals surface area contributed by atoms with Crippen LogP contribution >= 0.6 is 0 Å². The minimum atomic E-state index is 0.0229. The Kier molecular flexibility index (Phi) is 3.63. The summed E-state index contributed by atoms with van der Waals surface area (Å²) in [6, 6.07) is 3.94. The summed E-state index contributed by atoms with van der Waals surface area (Å²) < 4.78 is 1.62. The zero-order chi connectivity index (χ0) is 13.1. The molecule has 0 radical (unpaired) electrons. The predicted molar refractivity (Wildman–Crippen MR) is 65.9 cm³/mol. The third-order valence-corrected chi connectivity index (χ3v) is 3.17. The van der Waals surface area contributed by atoms with E-state index in [2.05, 4.69) is 16.1 Å². The van der Waals surface area contributed by atoms with Gasteiger partial charge in [-0.3, -0.25) is 14.4 Å². The zero-order valence-electron chi connectivity index (χ0n) is 10.8. The van der Waals surface area contributed by atoms with Crippen molar-refractivity contribution >= 4 is 5.91 Å². The minimum Gasteiger partial charge on any atom is -0.335 e. The van der Waals surface area contributed by atoms with E-state index in [0.717, 1.165) is 18.8 Å². The predicted octanol–water partition coefficient (Wildman–Crippen LogP) is 0.00990. The number of nitrogens with zero attached hydrogens (tertiary/aromatic N) is 5. The Morgan fingerprint density at radius 3 is 2.61 bits per heavy atom. The molecule has 0 saturated carbocycles. The summed E-state index contributed by atoms with van der Waals surface area (Å²) in [4.78, 5) is 16.2. The second kappa shape index (κ2) is 5.19. The van der Waals surface area contributed by atoms with Crippen LogP contribution in [-0.2, 0) is 7.05 Å². The summed E-state index contributed by atoms with van der Waals surface area (Å²) >= 11 is 0. The first-order valence-corrected chi connectivity index (χ1v) is 6.01. The molecule has 6 nitrogen and oxygen atoms in total. The molecule has 18 heavy (non-hydrogen) atoms. The van der Waals surface area contributed by atoms with Crippen LogP contribution in [0.1, 0.15) is 16.2 Å². The second-order valence-electron chi connectivity index (χ2n) is 4.52. The highest BCUT2D eigenvalue weighted by atomic mass is 16.2. The van der Waals surface area contributed by atoms with Crippen LogP contribution < -0.4 is 0 Å². The highest BCUT2D eigenvalue weighted by molar-refractivity contribution is 5.92. The van der Waals surface area contributed by atoms with E-state index in [9.17, 15) is 4.79 Å². The molecule has 0 spiro atoms. The fraction of sp³-hybridized carbons (Fsp3) is 0.583. The molecule has 1 aromatic heterocycles. The van der Waals surface area contributed by atoms with Crippen molar-refractivity contribution in [1.82, 2.24) is 19.6 Å². The van der Waals surface area contributed by atoms with Gasteiger partial charge in [-0.1, -0.05) is 0 Å². The molecule has 0 atom stereocenters. The fourth-order valence-corrected chi connectivity index (χ4v) is 2.18. The number of carbonyl (C=O) groups excluding carboxylic acids is 1. The van der Waals surface area contributed by atoms with E-state index in [-0.39, 0.29) is 5.91 Å². The van der Waals surface area contributed by atoms with Crippen LogP contribution in [0.4, 0.5) is 0 Å². The molecule has 0 N–H and O–H groups in total. The Bertz CT molecular complexity index is 479. The zero-order valence-corrected chi connectivity index (χ0v) is 10.8. The maximum absolute atomic E-state index is 12.3. The van der Waals surface area contributed by atoms with Crippen molar-refractivity contribution in [3.8, 4) is 6.07 Å². The van der Waals surface area contributed by atoms with Gasteiger partial charge in [0.1, 0.15) is 5.69 Å². The molecule has 2 heterocycles. The van der Waals surface area contributed by atoms with Gasteiger partial charge in [0.25, 0.3) is 5.91 Å². The molecular formula is C12H17N5O. The Hall–Kier alpha value is -1.87. The standard InChI is InChI=1S/C12H17N5O/c1-10-9-11(15(2)14-10)12(18)17-7-5-16(4-3-13)6-8-17/h9H,4-8H2,1-2H3. The van der Waals surface area contributed by atoms with Gasteiger partial charge in [0.15, 0.2) is 0 Å². The van der Waals surface area contributed by atoms with Gasteiger partial charge in [-0.05, 0) is 13.0 Å². The van der Waals surface area contributed by atoms with Gasteiger partial charge >= 0.3 is 0 Å². The smallest absolute Gasteiger partial charge is 0.272 e. The van der Waals surface area contributed by atoms with Crippen molar-refractivity contribution < 1.29 is 4.79 Å². The Labute approximate surface area is 106 Å². The first-order chi connectivity index (χ1) is 8.61. The van der Waals surface area contributed by atoms with E-state index in [4.69, 9.17) is 5.26 Å². The maximum Gasteiger partial charge on any atom is 0.272 e. The van der Waals surface area contributed by atoms with Crippen LogP contribution in [0.5, 0.6) is 0 Å². The SMILES string of the molecule is Cc1cc(C(=O)N2CCN(CC#N)CC2)n(C)n1. The number of hydrogen-bond donors (Lipinski definition) is 0. The van der Waals surface area contributed by atoms with E-state index in [1.54, 1.807) is 11.7 Å². The molecule has 1 saturated heterocycles. The lowest BCUT2D eigenvalue weighted by molar-refractivity contribution is 0.0641. The lowest BCUT2D eigenvalue weighted by atomic mass is 10.2. The molecule has 0 bridgehead atoms. The molecule has 1 aliphatic rings. The lowest BCUT2D eigenvalue weighted by Crippen LogP contribution is -2.49. The summed E-state index contributed by atoms with van der Waals surface area (Å²) in [5, 5.41) is 12.8. The highest BCUT2D eigenvalue weighted by Gasteiger charge is 2.23. The average Bonchev–Trinajstić information content (AvgIpc) is 2.69. The van der Waals surface area contributed by atoms with Crippen LogP contribution in [0, 0.1) is 18.3 Å². The average molecular weight is 247 g/mol. The molecule has 6 heteroatoms. The fourth-order valence-electron chi connectivity index (χ4n) is 2.18. The van der Waals surface area contributed by atoms with E-state index >= 15 is 0 Å². The number of carbonyl (C=O) groups is 1. The largest absolute Gasteiger partial charge is 0.335 e. The quantitative estimate of drug-likeness (QED) is 0.691. The maximum atomic E-state index is 12.3. The van der Waals surface area contributed by atoms with Gasteiger partial charge in [-0.2, -0.15) is 10.4 Å². The van der Waals surface area contributed by atoms with Crippen molar-refractivity contribution in [2.75, 3.05) is 32.7 Å². The summed E-state index contributed by atoms with van der Waals surface area (Å²) in [5.74, 6) is 0.0229. The van der Waals surface area contributed by atoms with Gasteiger partial charge in [0, 0.05) is 33.2 Å². The van der Waals surface area contributed by atoms with Gasteiger partial charge in [0.2, 0.25) is 0 Å². The third-order valence-electron chi connectivity index (χ3n) is 3.17. The molecule has 1 aliphatic heterocycles. The molecule has 1 amide bonds. The molecular weight excluding hydrogens is 230 g/mol. The summed E-state index contributed by atoms with van der Waals surface area (Å²) in [5.41, 5.74) is 1.48. The first-order valence-electron chi connectivity index (χ1n) is 6.01. The monoisotopic (exact) mass is 247 g/mol. The van der Waals surface area contributed by atoms with Crippen LogP contribution in [0.15, 0.2) is 6.07 Å². The van der Waals surface area contributed by atoms with Gasteiger partial charge < -0.3 is 4.90 Å². The molecule has 0 aliphatic carbocycles. The number of aromatic nitrogens is 2. The van der Waals surface area contributed by atoms with Crippen molar-refractivity contribution in [2.24, 2.45) is 7.05 Å². The Morgan fingerprint density at radius 2 is 2.11 bits per heavy atom. The van der Waals surface area contributed by atoms with Gasteiger partial charge in [0.05, 0.1) is 18.3 Å². The molecule has 2 rings (SSSR count). The van der Waals surface area contributed by atoms with E-state index in [1.807, 2.05) is 17.9 Å². The van der Waals surface area contributed by atoms with Crippen LogP contribution in [0.25, 0.3) is 0 Å². The second-order valence-corrected chi connectivity index (χ2v) is 4.52. The van der Waals surface area contributed by atoms with Crippen molar-refractivity contribution in [3.63, 3.8) is 0 Å². The first kappa shape index (κ1) is 12.6. The highest BCUT2D eigenvalue weighted by Crippen LogP contribution is 2.09. The number of aryl methyl sites for hydroxylation is 2. The number of rotatable bonds is 2. The van der Waals surface area contributed by atoms with Crippen molar-refractivity contribution in [2.45, 2.75) is 6.92 Å². The molecule has 0 unspecified atom stereocenters. The van der Waals surface area contributed by atoms with Crippen molar-refractivity contribution in [1.29, 1.82) is 5.26 Å². The molecule has 0 aromatic carbocycles. The van der Waals surface area contributed by atoms with E-state index in [0.29, 0.717) is 25.3 Å². The van der Waals surface area contributed by atoms with E-state index < -0.39 is 0 Å². The van der Waals surface area contributed by atoms with Crippen LogP contribution in [-0.4, -0.2) is 58.2 Å². The topological polar surface area (TPSA) is 65.2 Å². The Balaban J connectivity index is 2.00. The lowest BCUT2D eigenvalue weighted by Gasteiger charge is -2.33. The minimum absolute atomic E-state index is 0.0229. The van der Waals surface area contributed by atoms with Gasteiger partial charge in [-0.25, -0.2) is 0 Å². The summed E-state index contributed by atoms with van der Waals surface area (Å²) in [6.07, 6.45) is 0. The van der Waals surface area contributed by atoms with Crippen LogP contribution in [0.2, 0.25) is 0 Å². The number of hydrogen-bond acceptors (Lipinski definition) is 4. The number of nitriles is 1. The Morgan fingerprint density at radius 1 is 1.44 bits per heavy atom. The number of piperazine rings is 1. The summed E-state index contributed by atoms with van der Waals surface area (Å²) in [7, 11) is 1.78. The third kappa shape index (κ3) is 2.51. The molecule has 96 valence electrons. The van der Waals surface area contributed by atoms with Gasteiger partial charge in [-0.15, -0.1) is 0 Å². The molecule has 1 aromatic rings. The van der Waals surface area contributed by atoms with Crippen molar-refractivity contribution in [3.05, 3.63) is 17.5 Å². The molecule has 1 fully saturated rings. The summed E-state index contributed by atoms with van der Waals surface area (Å²) in [6.45, 7) is 5.18. The number of amides is 1. The van der Waals surface area contributed by atoms with E-state index in [1.165, 1.54) is 0 Å².